The minimum absolute atomic E-state index is 0.656. The first-order valence-corrected chi connectivity index (χ1v) is 5.59. The molecule has 1 aromatic carbocycles. The van der Waals surface area contributed by atoms with E-state index < -0.39 is 0 Å². The predicted molar refractivity (Wildman–Crippen MR) is 66.8 cm³/mol. The van der Waals surface area contributed by atoms with Gasteiger partial charge in [-0.05, 0) is 29.8 Å². The average Bonchev–Trinajstić information content (AvgIpc) is 2.69. The molecule has 0 aliphatic carbocycles. The number of nitriles is 1. The van der Waals surface area contributed by atoms with Gasteiger partial charge in [0.2, 0.25) is 0 Å². The van der Waals surface area contributed by atoms with Gasteiger partial charge in [0.15, 0.2) is 0 Å². The van der Waals surface area contributed by atoms with E-state index in [9.17, 15) is 0 Å². The Hall–Kier alpha value is -1.73. The molecule has 0 amide bonds. The summed E-state index contributed by atoms with van der Waals surface area (Å²) in [6, 6.07) is 11.5. The third-order valence-corrected chi connectivity index (χ3v) is 3.10. The number of hydrogen-bond acceptors (Lipinski definition) is 2. The first-order chi connectivity index (χ1) is 7.70. The van der Waals surface area contributed by atoms with Gasteiger partial charge >= 0.3 is 0 Å². The van der Waals surface area contributed by atoms with Gasteiger partial charge in [-0.1, -0.05) is 22.0 Å². The molecular formula is C12H10BrN3. The number of rotatable bonds is 2. The molecule has 0 saturated heterocycles. The fourth-order valence-corrected chi connectivity index (χ4v) is 2.05. The van der Waals surface area contributed by atoms with E-state index in [1.54, 1.807) is 6.07 Å². The second-order valence-electron chi connectivity index (χ2n) is 3.48. The molecule has 2 N–H and O–H groups in total. The monoisotopic (exact) mass is 275 g/mol. The van der Waals surface area contributed by atoms with Gasteiger partial charge in [0.1, 0.15) is 11.8 Å². The second-order valence-corrected chi connectivity index (χ2v) is 4.34. The van der Waals surface area contributed by atoms with Crippen LogP contribution in [0.4, 0.5) is 5.69 Å². The Morgan fingerprint density at radius 2 is 2.19 bits per heavy atom. The standard InChI is InChI=1S/C12H10BrN3/c13-12-6-10(15)4-3-9(12)8-16-5-1-2-11(16)7-14/h1-6H,8,15H2. The molecule has 0 aliphatic heterocycles. The van der Waals surface area contributed by atoms with Crippen LogP contribution in [0, 0.1) is 11.3 Å². The van der Waals surface area contributed by atoms with Gasteiger partial charge in [-0.15, -0.1) is 0 Å². The van der Waals surface area contributed by atoms with Crippen LogP contribution < -0.4 is 5.73 Å². The zero-order valence-electron chi connectivity index (χ0n) is 8.52. The molecule has 0 unspecified atom stereocenters. The minimum atomic E-state index is 0.656. The normalized spacial score (nSPS) is 10.0. The summed E-state index contributed by atoms with van der Waals surface area (Å²) in [6.45, 7) is 0.663. The summed E-state index contributed by atoms with van der Waals surface area (Å²) in [6.07, 6.45) is 1.89. The molecule has 0 saturated carbocycles. The molecule has 80 valence electrons. The number of aromatic nitrogens is 1. The van der Waals surface area contributed by atoms with E-state index in [4.69, 9.17) is 11.0 Å². The van der Waals surface area contributed by atoms with Crippen molar-refractivity contribution < 1.29 is 0 Å². The second kappa shape index (κ2) is 4.42. The Kier molecular flexibility index (Phi) is 2.97. The van der Waals surface area contributed by atoms with Crippen molar-refractivity contribution in [1.29, 1.82) is 5.26 Å². The number of benzene rings is 1. The maximum Gasteiger partial charge on any atom is 0.120 e. The van der Waals surface area contributed by atoms with E-state index in [0.717, 1.165) is 15.7 Å². The maximum atomic E-state index is 8.90. The van der Waals surface area contributed by atoms with Gasteiger partial charge in [-0.2, -0.15) is 5.26 Å². The van der Waals surface area contributed by atoms with Gasteiger partial charge in [0.05, 0.1) is 0 Å². The highest BCUT2D eigenvalue weighted by atomic mass is 79.9. The zero-order valence-corrected chi connectivity index (χ0v) is 10.1. The van der Waals surface area contributed by atoms with Gasteiger partial charge in [-0.25, -0.2) is 0 Å². The Balaban J connectivity index is 2.31. The van der Waals surface area contributed by atoms with Crippen LogP contribution in [0.2, 0.25) is 0 Å². The molecule has 1 aromatic heterocycles. The maximum absolute atomic E-state index is 8.90. The van der Waals surface area contributed by atoms with Crippen molar-refractivity contribution in [2.75, 3.05) is 5.73 Å². The number of anilines is 1. The van der Waals surface area contributed by atoms with Crippen LogP contribution in [0.15, 0.2) is 41.0 Å². The van der Waals surface area contributed by atoms with Crippen molar-refractivity contribution in [3.05, 3.63) is 52.3 Å². The molecule has 2 rings (SSSR count). The van der Waals surface area contributed by atoms with E-state index in [1.807, 2.05) is 35.0 Å². The molecular weight excluding hydrogens is 266 g/mol. The summed E-state index contributed by atoms with van der Waals surface area (Å²) in [5, 5.41) is 8.90. The lowest BCUT2D eigenvalue weighted by Crippen LogP contribution is -2.01. The molecule has 0 aliphatic rings. The fraction of sp³-hybridized carbons (Fsp3) is 0.0833. The topological polar surface area (TPSA) is 54.7 Å². The van der Waals surface area contributed by atoms with E-state index in [1.165, 1.54) is 0 Å². The Morgan fingerprint density at radius 1 is 1.38 bits per heavy atom. The van der Waals surface area contributed by atoms with Crippen LogP contribution in [0.25, 0.3) is 0 Å². The summed E-state index contributed by atoms with van der Waals surface area (Å²) in [5.41, 5.74) is 8.15. The molecule has 16 heavy (non-hydrogen) atoms. The lowest BCUT2D eigenvalue weighted by Gasteiger charge is -2.07. The SMILES string of the molecule is N#Cc1cccn1Cc1ccc(N)cc1Br. The third-order valence-electron chi connectivity index (χ3n) is 2.36. The van der Waals surface area contributed by atoms with Crippen molar-refractivity contribution in [1.82, 2.24) is 4.57 Å². The third kappa shape index (κ3) is 2.10. The van der Waals surface area contributed by atoms with E-state index in [-0.39, 0.29) is 0 Å². The molecule has 0 atom stereocenters. The number of nitrogens with two attached hydrogens (primary N) is 1. The first kappa shape index (κ1) is 10.8. The molecule has 0 bridgehead atoms. The molecule has 3 nitrogen and oxygen atoms in total. The van der Waals surface area contributed by atoms with Crippen LogP contribution in [0.5, 0.6) is 0 Å². The Morgan fingerprint density at radius 3 is 2.88 bits per heavy atom. The van der Waals surface area contributed by atoms with Gasteiger partial charge in [0.25, 0.3) is 0 Å². The predicted octanol–water partition coefficient (Wildman–Crippen LogP) is 2.75. The molecule has 0 fully saturated rings. The summed E-state index contributed by atoms with van der Waals surface area (Å²) < 4.78 is 2.86. The zero-order chi connectivity index (χ0) is 11.5. The number of nitrogens with zero attached hydrogens (tertiary/aromatic N) is 2. The van der Waals surface area contributed by atoms with Crippen LogP contribution >= 0.6 is 15.9 Å². The molecule has 1 heterocycles. The van der Waals surface area contributed by atoms with E-state index >= 15 is 0 Å². The van der Waals surface area contributed by atoms with Gasteiger partial charge < -0.3 is 10.3 Å². The Bertz CT molecular complexity index is 552. The van der Waals surface area contributed by atoms with E-state index in [2.05, 4.69) is 22.0 Å². The smallest absolute Gasteiger partial charge is 0.120 e. The van der Waals surface area contributed by atoms with Gasteiger partial charge in [-0.3, -0.25) is 0 Å². The summed E-state index contributed by atoms with van der Waals surface area (Å²) in [4.78, 5) is 0. The highest BCUT2D eigenvalue weighted by Gasteiger charge is 2.04. The molecule has 4 heteroatoms. The van der Waals surface area contributed by atoms with Gasteiger partial charge in [0, 0.05) is 22.9 Å². The van der Waals surface area contributed by atoms with Crippen molar-refractivity contribution in [3.8, 4) is 6.07 Å². The van der Waals surface area contributed by atoms with Crippen LogP contribution in [-0.4, -0.2) is 4.57 Å². The summed E-state index contributed by atoms with van der Waals surface area (Å²) in [5.74, 6) is 0. The number of halogens is 1. The lowest BCUT2D eigenvalue weighted by molar-refractivity contribution is 0.790. The van der Waals surface area contributed by atoms with Crippen molar-refractivity contribution in [2.24, 2.45) is 0 Å². The van der Waals surface area contributed by atoms with Crippen molar-refractivity contribution in [2.45, 2.75) is 6.54 Å². The fourth-order valence-electron chi connectivity index (χ4n) is 1.53. The largest absolute Gasteiger partial charge is 0.399 e. The summed E-state index contributed by atoms with van der Waals surface area (Å²) >= 11 is 3.46. The van der Waals surface area contributed by atoms with Crippen LogP contribution in [0.3, 0.4) is 0 Å². The lowest BCUT2D eigenvalue weighted by atomic mass is 10.2. The van der Waals surface area contributed by atoms with E-state index in [0.29, 0.717) is 12.2 Å². The van der Waals surface area contributed by atoms with Crippen LogP contribution in [0.1, 0.15) is 11.3 Å². The van der Waals surface area contributed by atoms with Crippen molar-refractivity contribution >= 4 is 21.6 Å². The number of nitrogen functional groups attached to an aromatic ring is 1. The minimum Gasteiger partial charge on any atom is -0.399 e. The Labute approximate surface area is 102 Å². The molecule has 0 spiro atoms. The first-order valence-electron chi connectivity index (χ1n) is 4.80. The molecule has 0 radical (unpaired) electrons. The average molecular weight is 276 g/mol. The van der Waals surface area contributed by atoms with Crippen LogP contribution in [-0.2, 0) is 6.54 Å². The highest BCUT2D eigenvalue weighted by molar-refractivity contribution is 9.10. The molecule has 2 aromatic rings. The highest BCUT2D eigenvalue weighted by Crippen LogP contribution is 2.21. The number of hydrogen-bond donors (Lipinski definition) is 1. The summed E-state index contributed by atoms with van der Waals surface area (Å²) in [7, 11) is 0. The van der Waals surface area contributed by atoms with Crippen molar-refractivity contribution in [3.63, 3.8) is 0 Å². The quantitative estimate of drug-likeness (QED) is 0.857.